The number of aromatic nitrogens is 3. The minimum atomic E-state index is 0.845. The van der Waals surface area contributed by atoms with Gasteiger partial charge in [0.2, 0.25) is 4.77 Å². The van der Waals surface area contributed by atoms with Crippen molar-refractivity contribution in [2.75, 3.05) is 13.1 Å². The third-order valence-electron chi connectivity index (χ3n) is 4.46. The van der Waals surface area contributed by atoms with Crippen LogP contribution < -0.4 is 4.90 Å². The fourth-order valence-corrected chi connectivity index (χ4v) is 3.55. The van der Waals surface area contributed by atoms with Crippen LogP contribution in [0.2, 0.25) is 0 Å². The summed E-state index contributed by atoms with van der Waals surface area (Å²) in [5, 5.41) is 4.83. The van der Waals surface area contributed by atoms with Crippen LogP contribution in [0.15, 0.2) is 30.3 Å². The van der Waals surface area contributed by atoms with E-state index in [1.807, 2.05) is 10.7 Å². The summed E-state index contributed by atoms with van der Waals surface area (Å²) in [6.45, 7) is 6.36. The molecular formula is C17H25N4S+. The van der Waals surface area contributed by atoms with Crippen LogP contribution in [0.3, 0.4) is 0 Å². The van der Waals surface area contributed by atoms with Crippen LogP contribution in [-0.2, 0) is 13.2 Å². The maximum atomic E-state index is 5.66. The molecule has 1 aromatic heterocycles. The van der Waals surface area contributed by atoms with Gasteiger partial charge in [-0.05, 0) is 44.8 Å². The quantitative estimate of drug-likeness (QED) is 0.877. The predicted molar refractivity (Wildman–Crippen MR) is 91.3 cm³/mol. The number of benzene rings is 1. The molecule has 0 spiro atoms. The van der Waals surface area contributed by atoms with Gasteiger partial charge in [0.15, 0.2) is 12.5 Å². The van der Waals surface area contributed by atoms with Gasteiger partial charge in [0.1, 0.15) is 0 Å². The number of nitrogens with zero attached hydrogens (tertiary/aromatic N) is 3. The van der Waals surface area contributed by atoms with Crippen LogP contribution in [0.4, 0.5) is 0 Å². The second kappa shape index (κ2) is 7.20. The van der Waals surface area contributed by atoms with Crippen molar-refractivity contribution in [1.29, 1.82) is 0 Å². The Bertz CT molecular complexity index is 651. The number of quaternary nitrogens is 1. The first-order valence-electron chi connectivity index (χ1n) is 8.36. The van der Waals surface area contributed by atoms with Crippen molar-refractivity contribution in [1.82, 2.24) is 14.3 Å². The minimum absolute atomic E-state index is 0.845. The molecule has 0 aliphatic carbocycles. The van der Waals surface area contributed by atoms with E-state index in [0.29, 0.717) is 0 Å². The SMILES string of the molecule is CCn1c(-c2ccccc2)nn(C[NH+]2CCCCCC2)c1=S. The maximum Gasteiger partial charge on any atom is 0.203 e. The molecule has 22 heavy (non-hydrogen) atoms. The summed E-state index contributed by atoms with van der Waals surface area (Å²) in [6.07, 6.45) is 5.38. The fraction of sp³-hybridized carbons (Fsp3) is 0.529. The summed E-state index contributed by atoms with van der Waals surface area (Å²) >= 11 is 5.66. The molecule has 1 aliphatic heterocycles. The lowest BCUT2D eigenvalue weighted by Gasteiger charge is -2.16. The number of nitrogens with one attached hydrogen (secondary N) is 1. The molecule has 1 saturated heterocycles. The van der Waals surface area contributed by atoms with E-state index in [4.69, 9.17) is 17.3 Å². The van der Waals surface area contributed by atoms with Crippen molar-refractivity contribution in [2.24, 2.45) is 0 Å². The Kier molecular flexibility index (Phi) is 5.05. The molecule has 3 rings (SSSR count). The molecule has 4 nitrogen and oxygen atoms in total. The minimum Gasteiger partial charge on any atom is -0.316 e. The second-order valence-electron chi connectivity index (χ2n) is 6.04. The van der Waals surface area contributed by atoms with E-state index in [2.05, 4.69) is 35.8 Å². The molecule has 2 heterocycles. The van der Waals surface area contributed by atoms with Gasteiger partial charge in [0.05, 0.1) is 13.1 Å². The molecular weight excluding hydrogens is 292 g/mol. The molecule has 1 fully saturated rings. The smallest absolute Gasteiger partial charge is 0.203 e. The molecule has 0 amide bonds. The Labute approximate surface area is 137 Å². The highest BCUT2D eigenvalue weighted by atomic mass is 32.1. The van der Waals surface area contributed by atoms with Gasteiger partial charge >= 0.3 is 0 Å². The van der Waals surface area contributed by atoms with Gasteiger partial charge in [0, 0.05) is 12.1 Å². The van der Waals surface area contributed by atoms with Crippen molar-refractivity contribution >= 4 is 12.2 Å². The van der Waals surface area contributed by atoms with Crippen LogP contribution in [-0.4, -0.2) is 27.4 Å². The van der Waals surface area contributed by atoms with Gasteiger partial charge in [-0.15, -0.1) is 5.10 Å². The lowest BCUT2D eigenvalue weighted by molar-refractivity contribution is -0.922. The van der Waals surface area contributed by atoms with Crippen LogP contribution in [0.25, 0.3) is 11.4 Å². The molecule has 0 saturated carbocycles. The average molecular weight is 317 g/mol. The fourth-order valence-electron chi connectivity index (χ4n) is 3.23. The standard InChI is InChI=1S/C17H24N4S/c1-2-20-16(15-10-6-5-7-11-15)18-21(17(20)22)14-19-12-8-3-4-9-13-19/h5-7,10-11H,2-4,8-9,12-14H2,1H3/p+1. The van der Waals surface area contributed by atoms with Gasteiger partial charge in [0.25, 0.3) is 0 Å². The van der Waals surface area contributed by atoms with Gasteiger partial charge in [-0.3, -0.25) is 0 Å². The number of likely N-dealkylation sites (tertiary alicyclic amines) is 1. The molecule has 5 heteroatoms. The van der Waals surface area contributed by atoms with Crippen molar-refractivity contribution in [3.8, 4) is 11.4 Å². The molecule has 1 aromatic carbocycles. The maximum absolute atomic E-state index is 5.66. The summed E-state index contributed by atoms with van der Waals surface area (Å²) in [5.74, 6) is 0.988. The Hall–Kier alpha value is -1.46. The number of hydrogen-bond donors (Lipinski definition) is 1. The Morgan fingerprint density at radius 2 is 1.77 bits per heavy atom. The molecule has 2 aromatic rings. The predicted octanol–water partition coefficient (Wildman–Crippen LogP) is 2.52. The van der Waals surface area contributed by atoms with E-state index in [9.17, 15) is 0 Å². The topological polar surface area (TPSA) is 27.2 Å². The number of hydrogen-bond acceptors (Lipinski definition) is 2. The van der Waals surface area contributed by atoms with E-state index in [1.165, 1.54) is 38.8 Å². The Morgan fingerprint density at radius 1 is 1.09 bits per heavy atom. The summed E-state index contributed by atoms with van der Waals surface area (Å²) in [5.41, 5.74) is 1.14. The first-order valence-corrected chi connectivity index (χ1v) is 8.77. The summed E-state index contributed by atoms with van der Waals surface area (Å²) in [6, 6.07) is 10.3. The van der Waals surface area contributed by atoms with Crippen molar-refractivity contribution in [2.45, 2.75) is 45.8 Å². The van der Waals surface area contributed by atoms with Crippen molar-refractivity contribution in [3.63, 3.8) is 0 Å². The lowest BCUT2D eigenvalue weighted by atomic mass is 10.2. The van der Waals surface area contributed by atoms with Gasteiger partial charge in [-0.1, -0.05) is 30.3 Å². The summed E-state index contributed by atoms with van der Waals surface area (Å²) < 4.78 is 5.02. The average Bonchev–Trinajstić information content (AvgIpc) is 2.72. The molecule has 0 radical (unpaired) electrons. The normalized spacial score (nSPS) is 16.6. The zero-order chi connectivity index (χ0) is 15.4. The van der Waals surface area contributed by atoms with Crippen molar-refractivity contribution in [3.05, 3.63) is 35.1 Å². The summed E-state index contributed by atoms with van der Waals surface area (Å²) in [4.78, 5) is 1.61. The van der Waals surface area contributed by atoms with Gasteiger partial charge in [-0.25, -0.2) is 0 Å². The van der Waals surface area contributed by atoms with E-state index >= 15 is 0 Å². The molecule has 118 valence electrons. The Morgan fingerprint density at radius 3 is 2.41 bits per heavy atom. The first-order chi connectivity index (χ1) is 10.8. The van der Waals surface area contributed by atoms with E-state index in [-0.39, 0.29) is 0 Å². The van der Waals surface area contributed by atoms with E-state index in [1.54, 1.807) is 4.90 Å². The summed E-state index contributed by atoms with van der Waals surface area (Å²) in [7, 11) is 0. The third kappa shape index (κ3) is 3.31. The van der Waals surface area contributed by atoms with E-state index in [0.717, 1.165) is 29.4 Å². The Balaban J connectivity index is 1.89. The first kappa shape index (κ1) is 15.4. The van der Waals surface area contributed by atoms with Crippen LogP contribution in [0, 0.1) is 4.77 Å². The molecule has 0 bridgehead atoms. The van der Waals surface area contributed by atoms with E-state index < -0.39 is 0 Å². The van der Waals surface area contributed by atoms with Gasteiger partial charge in [-0.2, -0.15) is 4.68 Å². The highest BCUT2D eigenvalue weighted by molar-refractivity contribution is 7.71. The molecule has 0 unspecified atom stereocenters. The third-order valence-corrected chi connectivity index (χ3v) is 4.89. The monoisotopic (exact) mass is 317 g/mol. The molecule has 1 aliphatic rings. The molecule has 1 N–H and O–H groups in total. The second-order valence-corrected chi connectivity index (χ2v) is 6.40. The largest absolute Gasteiger partial charge is 0.316 e. The lowest BCUT2D eigenvalue weighted by Crippen LogP contribution is -3.11. The van der Waals surface area contributed by atoms with Crippen LogP contribution >= 0.6 is 12.2 Å². The highest BCUT2D eigenvalue weighted by Crippen LogP contribution is 2.17. The van der Waals surface area contributed by atoms with Crippen LogP contribution in [0.1, 0.15) is 32.6 Å². The van der Waals surface area contributed by atoms with Crippen molar-refractivity contribution < 1.29 is 4.90 Å². The highest BCUT2D eigenvalue weighted by Gasteiger charge is 2.17. The van der Waals surface area contributed by atoms with Gasteiger partial charge < -0.3 is 9.47 Å². The number of rotatable bonds is 4. The zero-order valence-corrected chi connectivity index (χ0v) is 14.1. The van der Waals surface area contributed by atoms with Crippen LogP contribution in [0.5, 0.6) is 0 Å². The zero-order valence-electron chi connectivity index (χ0n) is 13.3. The molecule has 0 atom stereocenters.